The second kappa shape index (κ2) is 6.36. The molecule has 0 aromatic heterocycles. The predicted molar refractivity (Wildman–Crippen MR) is 85.1 cm³/mol. The van der Waals surface area contributed by atoms with Crippen molar-refractivity contribution in [2.75, 3.05) is 31.1 Å². The third-order valence-corrected chi connectivity index (χ3v) is 6.42. The molecule has 5 heteroatoms. The highest BCUT2D eigenvalue weighted by Gasteiger charge is 2.27. The fourth-order valence-corrected chi connectivity index (χ4v) is 4.75. The molecule has 2 heterocycles. The van der Waals surface area contributed by atoms with Gasteiger partial charge in [-0.05, 0) is 49.9 Å². The first-order valence-electron chi connectivity index (χ1n) is 8.03. The third-order valence-electron chi connectivity index (χ3n) is 4.51. The molecule has 2 fully saturated rings. The first-order chi connectivity index (χ1) is 10.2. The first-order valence-corrected chi connectivity index (χ1v) is 9.47. The van der Waals surface area contributed by atoms with Crippen LogP contribution in [0.25, 0.3) is 0 Å². The van der Waals surface area contributed by atoms with Gasteiger partial charge in [-0.2, -0.15) is 4.31 Å². The lowest BCUT2D eigenvalue weighted by Gasteiger charge is -2.23. The topological polar surface area (TPSA) is 40.6 Å². The van der Waals surface area contributed by atoms with E-state index in [4.69, 9.17) is 0 Å². The summed E-state index contributed by atoms with van der Waals surface area (Å²) in [6.07, 6.45) is 7.02. The van der Waals surface area contributed by atoms with Crippen LogP contribution in [-0.2, 0) is 10.0 Å². The number of rotatable bonds is 3. The molecule has 0 unspecified atom stereocenters. The van der Waals surface area contributed by atoms with Crippen molar-refractivity contribution in [2.24, 2.45) is 0 Å². The lowest BCUT2D eigenvalue weighted by atomic mass is 10.2. The van der Waals surface area contributed by atoms with Crippen LogP contribution in [0, 0.1) is 0 Å². The highest BCUT2D eigenvalue weighted by atomic mass is 32.2. The lowest BCUT2D eigenvalue weighted by Crippen LogP contribution is -2.28. The van der Waals surface area contributed by atoms with E-state index < -0.39 is 10.0 Å². The fourth-order valence-electron chi connectivity index (χ4n) is 3.24. The lowest BCUT2D eigenvalue weighted by molar-refractivity contribution is 0.477. The summed E-state index contributed by atoms with van der Waals surface area (Å²) in [5.74, 6) is 0. The number of sulfonamides is 1. The highest BCUT2D eigenvalue weighted by Crippen LogP contribution is 2.25. The summed E-state index contributed by atoms with van der Waals surface area (Å²) in [7, 11) is -3.28. The van der Waals surface area contributed by atoms with Gasteiger partial charge in [0.25, 0.3) is 0 Å². The van der Waals surface area contributed by atoms with Gasteiger partial charge in [0.05, 0.1) is 4.90 Å². The van der Waals surface area contributed by atoms with Gasteiger partial charge in [-0.25, -0.2) is 8.42 Å². The van der Waals surface area contributed by atoms with E-state index in [0.717, 1.165) is 31.6 Å². The molecular formula is C16H24N2O2S. The van der Waals surface area contributed by atoms with E-state index in [1.54, 1.807) is 16.4 Å². The van der Waals surface area contributed by atoms with Crippen LogP contribution < -0.4 is 4.90 Å². The summed E-state index contributed by atoms with van der Waals surface area (Å²) in [6.45, 7) is 3.49. The van der Waals surface area contributed by atoms with Crippen molar-refractivity contribution < 1.29 is 8.42 Å². The molecular weight excluding hydrogens is 284 g/mol. The van der Waals surface area contributed by atoms with Crippen LogP contribution in [0.2, 0.25) is 0 Å². The standard InChI is InChI=1S/C16H24N2O2S/c19-21(20,18-13-5-6-14-18)16-9-7-15(8-10-16)17-11-3-1-2-4-12-17/h7-10H,1-6,11-14H2. The van der Waals surface area contributed by atoms with Gasteiger partial charge in [-0.1, -0.05) is 12.8 Å². The van der Waals surface area contributed by atoms with Gasteiger partial charge in [-0.3, -0.25) is 0 Å². The molecule has 0 aliphatic carbocycles. The smallest absolute Gasteiger partial charge is 0.243 e. The largest absolute Gasteiger partial charge is 0.372 e. The van der Waals surface area contributed by atoms with Gasteiger partial charge in [0.2, 0.25) is 10.0 Å². The predicted octanol–water partition coefficient (Wildman–Crippen LogP) is 2.85. The second-order valence-electron chi connectivity index (χ2n) is 6.01. The zero-order chi connectivity index (χ0) is 14.7. The monoisotopic (exact) mass is 308 g/mol. The third kappa shape index (κ3) is 3.24. The van der Waals surface area contributed by atoms with E-state index in [-0.39, 0.29) is 0 Å². The molecule has 0 radical (unpaired) electrons. The summed E-state index contributed by atoms with van der Waals surface area (Å²) in [4.78, 5) is 2.81. The quantitative estimate of drug-likeness (QED) is 0.862. The van der Waals surface area contributed by atoms with Crippen molar-refractivity contribution in [1.82, 2.24) is 4.31 Å². The molecule has 0 bridgehead atoms. The van der Waals surface area contributed by atoms with Crippen LogP contribution in [0.15, 0.2) is 29.2 Å². The summed E-state index contributed by atoms with van der Waals surface area (Å²) in [6, 6.07) is 7.48. The molecule has 2 aliphatic rings. The zero-order valence-corrected chi connectivity index (χ0v) is 13.3. The van der Waals surface area contributed by atoms with E-state index in [2.05, 4.69) is 4.90 Å². The molecule has 116 valence electrons. The number of nitrogens with zero attached hydrogens (tertiary/aromatic N) is 2. The number of anilines is 1. The maximum Gasteiger partial charge on any atom is 0.243 e. The summed E-state index contributed by atoms with van der Waals surface area (Å²) < 4.78 is 26.6. The molecule has 0 spiro atoms. The summed E-state index contributed by atoms with van der Waals surface area (Å²) >= 11 is 0. The fraction of sp³-hybridized carbons (Fsp3) is 0.625. The van der Waals surface area contributed by atoms with E-state index in [0.29, 0.717) is 18.0 Å². The molecule has 2 saturated heterocycles. The Morgan fingerprint density at radius 2 is 1.24 bits per heavy atom. The Morgan fingerprint density at radius 1 is 0.714 bits per heavy atom. The Balaban J connectivity index is 1.77. The first kappa shape index (κ1) is 14.9. The SMILES string of the molecule is O=S(=O)(c1ccc(N2CCCCCC2)cc1)N1CCCC1. The second-order valence-corrected chi connectivity index (χ2v) is 7.94. The number of hydrogen-bond donors (Lipinski definition) is 0. The minimum absolute atomic E-state index is 0.433. The minimum atomic E-state index is -3.28. The van der Waals surface area contributed by atoms with Crippen LogP contribution >= 0.6 is 0 Å². The van der Waals surface area contributed by atoms with Crippen LogP contribution in [0.4, 0.5) is 5.69 Å². The summed E-state index contributed by atoms with van der Waals surface area (Å²) in [5, 5.41) is 0. The highest BCUT2D eigenvalue weighted by molar-refractivity contribution is 7.89. The Hall–Kier alpha value is -1.07. The van der Waals surface area contributed by atoms with Gasteiger partial charge in [0.15, 0.2) is 0 Å². The van der Waals surface area contributed by atoms with Crippen LogP contribution in [0.1, 0.15) is 38.5 Å². The molecule has 0 amide bonds. The van der Waals surface area contributed by atoms with Crippen LogP contribution in [0.3, 0.4) is 0 Å². The van der Waals surface area contributed by atoms with Gasteiger partial charge in [0, 0.05) is 31.9 Å². The Morgan fingerprint density at radius 3 is 1.81 bits per heavy atom. The van der Waals surface area contributed by atoms with Crippen molar-refractivity contribution in [3.8, 4) is 0 Å². The normalized spacial score (nSPS) is 21.4. The number of hydrogen-bond acceptors (Lipinski definition) is 3. The Kier molecular flexibility index (Phi) is 4.50. The van der Waals surface area contributed by atoms with Crippen molar-refractivity contribution in [3.63, 3.8) is 0 Å². The average molecular weight is 308 g/mol. The van der Waals surface area contributed by atoms with Crippen molar-refractivity contribution in [3.05, 3.63) is 24.3 Å². The molecule has 1 aromatic carbocycles. The maximum atomic E-state index is 12.5. The summed E-state index contributed by atoms with van der Waals surface area (Å²) in [5.41, 5.74) is 1.15. The van der Waals surface area contributed by atoms with E-state index in [9.17, 15) is 8.42 Å². The van der Waals surface area contributed by atoms with Gasteiger partial charge in [-0.15, -0.1) is 0 Å². The molecule has 0 saturated carbocycles. The molecule has 0 N–H and O–H groups in total. The minimum Gasteiger partial charge on any atom is -0.372 e. The molecule has 21 heavy (non-hydrogen) atoms. The van der Waals surface area contributed by atoms with Crippen LogP contribution in [0.5, 0.6) is 0 Å². The van der Waals surface area contributed by atoms with Crippen LogP contribution in [-0.4, -0.2) is 38.9 Å². The molecule has 1 aromatic rings. The van der Waals surface area contributed by atoms with E-state index >= 15 is 0 Å². The van der Waals surface area contributed by atoms with Gasteiger partial charge >= 0.3 is 0 Å². The molecule has 3 rings (SSSR count). The van der Waals surface area contributed by atoms with Gasteiger partial charge < -0.3 is 4.90 Å². The molecule has 4 nitrogen and oxygen atoms in total. The Bertz CT molecular complexity index is 554. The van der Waals surface area contributed by atoms with Gasteiger partial charge in [0.1, 0.15) is 0 Å². The number of benzene rings is 1. The van der Waals surface area contributed by atoms with Crippen molar-refractivity contribution in [1.29, 1.82) is 0 Å². The van der Waals surface area contributed by atoms with Crippen molar-refractivity contribution in [2.45, 2.75) is 43.4 Å². The zero-order valence-electron chi connectivity index (χ0n) is 12.5. The molecule has 0 atom stereocenters. The Labute approximate surface area is 127 Å². The average Bonchev–Trinajstić information content (AvgIpc) is 2.91. The van der Waals surface area contributed by atoms with Crippen molar-refractivity contribution >= 4 is 15.7 Å². The molecule has 2 aliphatic heterocycles. The van der Waals surface area contributed by atoms with E-state index in [1.807, 2.05) is 12.1 Å². The van der Waals surface area contributed by atoms with E-state index in [1.165, 1.54) is 25.7 Å². The maximum absolute atomic E-state index is 12.5.